The number of hydrogen-bond donors (Lipinski definition) is 2. The second-order valence-corrected chi connectivity index (χ2v) is 7.13. The molecule has 2 N–H and O–H groups in total. The zero-order valence-corrected chi connectivity index (χ0v) is 16.0. The molecular formula is C19H25ClN2O2S. The molecule has 136 valence electrons. The van der Waals surface area contributed by atoms with E-state index in [1.54, 1.807) is 0 Å². The van der Waals surface area contributed by atoms with Crippen LogP contribution in [0.5, 0.6) is 0 Å². The molecule has 0 radical (unpaired) electrons. The number of benzene rings is 2. The Bertz CT molecular complexity index is 680. The monoisotopic (exact) mass is 380 g/mol. The first-order chi connectivity index (χ1) is 11.7. The number of amides is 1. The maximum atomic E-state index is 12.3. The van der Waals surface area contributed by atoms with E-state index in [1.807, 2.05) is 61.6 Å². The topological polar surface area (TPSA) is 58.2 Å². The second-order valence-electron chi connectivity index (χ2n) is 5.67. The van der Waals surface area contributed by atoms with Crippen LogP contribution in [-0.4, -0.2) is 23.7 Å². The lowest BCUT2D eigenvalue weighted by molar-refractivity contribution is -0.116. The predicted molar refractivity (Wildman–Crippen MR) is 107 cm³/mol. The Balaban J connectivity index is 0.00000312. The van der Waals surface area contributed by atoms with Crippen molar-refractivity contribution in [1.82, 2.24) is 5.32 Å². The quantitative estimate of drug-likeness (QED) is 0.654. The van der Waals surface area contributed by atoms with Crippen molar-refractivity contribution in [2.75, 3.05) is 18.9 Å². The van der Waals surface area contributed by atoms with Gasteiger partial charge in [-0.25, -0.2) is 0 Å². The van der Waals surface area contributed by atoms with Crippen molar-refractivity contribution in [2.45, 2.75) is 24.3 Å². The lowest BCUT2D eigenvalue weighted by Crippen LogP contribution is -2.15. The number of rotatable bonds is 9. The van der Waals surface area contributed by atoms with E-state index in [9.17, 15) is 9.00 Å². The number of anilines is 1. The van der Waals surface area contributed by atoms with E-state index in [0.29, 0.717) is 17.9 Å². The summed E-state index contributed by atoms with van der Waals surface area (Å²) in [5.74, 6) is 1.03. The fourth-order valence-electron chi connectivity index (χ4n) is 2.39. The summed E-state index contributed by atoms with van der Waals surface area (Å²) in [6, 6.07) is 17.4. The molecule has 0 spiro atoms. The largest absolute Gasteiger partial charge is 0.326 e. The Labute approximate surface area is 158 Å². The SMILES string of the molecule is CNCCCC(=O)Nc1cccc(CS(=O)Cc2ccccc2)c1.Cl. The van der Waals surface area contributed by atoms with Gasteiger partial charge >= 0.3 is 0 Å². The molecule has 25 heavy (non-hydrogen) atoms. The highest BCUT2D eigenvalue weighted by Gasteiger charge is 2.06. The maximum Gasteiger partial charge on any atom is 0.224 e. The van der Waals surface area contributed by atoms with Gasteiger partial charge in [0.05, 0.1) is 0 Å². The van der Waals surface area contributed by atoms with Crippen LogP contribution in [0, 0.1) is 0 Å². The molecule has 0 saturated carbocycles. The molecule has 0 aliphatic rings. The minimum atomic E-state index is -0.970. The van der Waals surface area contributed by atoms with Crippen LogP contribution < -0.4 is 10.6 Å². The van der Waals surface area contributed by atoms with Gasteiger partial charge < -0.3 is 10.6 Å². The van der Waals surface area contributed by atoms with Gasteiger partial charge in [0.25, 0.3) is 0 Å². The Morgan fingerprint density at radius 3 is 2.40 bits per heavy atom. The van der Waals surface area contributed by atoms with Gasteiger partial charge in [-0.3, -0.25) is 9.00 Å². The normalized spacial score (nSPS) is 11.4. The van der Waals surface area contributed by atoms with E-state index in [1.165, 1.54) is 0 Å². The number of carbonyl (C=O) groups excluding carboxylic acids is 1. The Kier molecular flexibility index (Phi) is 10.1. The highest BCUT2D eigenvalue weighted by molar-refractivity contribution is 7.83. The third-order valence-corrected chi connectivity index (χ3v) is 4.85. The zero-order chi connectivity index (χ0) is 17.2. The molecule has 1 amide bonds. The molecule has 0 aliphatic heterocycles. The molecule has 4 nitrogen and oxygen atoms in total. The van der Waals surface area contributed by atoms with Crippen LogP contribution in [0.15, 0.2) is 54.6 Å². The van der Waals surface area contributed by atoms with Crippen LogP contribution in [-0.2, 0) is 27.1 Å². The van der Waals surface area contributed by atoms with Gasteiger partial charge in [0, 0.05) is 34.4 Å². The molecule has 2 rings (SSSR count). The van der Waals surface area contributed by atoms with E-state index in [2.05, 4.69) is 10.6 Å². The average Bonchev–Trinajstić information content (AvgIpc) is 2.56. The summed E-state index contributed by atoms with van der Waals surface area (Å²) in [7, 11) is 0.902. The first kappa shape index (κ1) is 21.4. The lowest BCUT2D eigenvalue weighted by Gasteiger charge is -2.08. The highest BCUT2D eigenvalue weighted by Crippen LogP contribution is 2.14. The van der Waals surface area contributed by atoms with Crippen LogP contribution in [0.1, 0.15) is 24.0 Å². The predicted octanol–water partition coefficient (Wildman–Crippen LogP) is 3.50. The van der Waals surface area contributed by atoms with Gasteiger partial charge in [-0.05, 0) is 43.3 Å². The maximum absolute atomic E-state index is 12.3. The van der Waals surface area contributed by atoms with Gasteiger partial charge in [-0.15, -0.1) is 12.4 Å². The van der Waals surface area contributed by atoms with E-state index in [0.717, 1.165) is 29.8 Å². The standard InChI is InChI=1S/C19H24N2O2S.ClH/c1-20-12-6-11-19(22)21-18-10-5-9-17(13-18)15-24(23)14-16-7-3-2-4-8-16;/h2-5,7-10,13,20H,6,11-12,14-15H2,1H3,(H,21,22);1H. The van der Waals surface area contributed by atoms with Crippen molar-refractivity contribution in [3.63, 3.8) is 0 Å². The molecular weight excluding hydrogens is 356 g/mol. The summed E-state index contributed by atoms with van der Waals surface area (Å²) in [5.41, 5.74) is 2.81. The Morgan fingerprint density at radius 1 is 1.00 bits per heavy atom. The van der Waals surface area contributed by atoms with Crippen LogP contribution >= 0.6 is 12.4 Å². The molecule has 0 fully saturated rings. The van der Waals surface area contributed by atoms with Gasteiger partial charge in [0.2, 0.25) is 5.91 Å². The zero-order valence-electron chi connectivity index (χ0n) is 14.4. The molecule has 0 aliphatic carbocycles. The number of carbonyl (C=O) groups is 1. The minimum Gasteiger partial charge on any atom is -0.326 e. The number of halogens is 1. The second kappa shape index (κ2) is 11.8. The molecule has 0 heterocycles. The molecule has 2 aromatic rings. The van der Waals surface area contributed by atoms with E-state index in [-0.39, 0.29) is 18.3 Å². The molecule has 1 atom stereocenters. The van der Waals surface area contributed by atoms with Crippen molar-refractivity contribution in [1.29, 1.82) is 0 Å². The Morgan fingerprint density at radius 2 is 1.68 bits per heavy atom. The first-order valence-electron chi connectivity index (χ1n) is 8.09. The lowest BCUT2D eigenvalue weighted by atomic mass is 10.2. The fraction of sp³-hybridized carbons (Fsp3) is 0.316. The summed E-state index contributed by atoms with van der Waals surface area (Å²) in [6.07, 6.45) is 1.30. The van der Waals surface area contributed by atoms with E-state index < -0.39 is 10.8 Å². The third kappa shape index (κ3) is 8.29. The van der Waals surface area contributed by atoms with Crippen molar-refractivity contribution < 1.29 is 9.00 Å². The summed E-state index contributed by atoms with van der Waals surface area (Å²) in [5, 5.41) is 5.92. The van der Waals surface area contributed by atoms with E-state index in [4.69, 9.17) is 0 Å². The average molecular weight is 381 g/mol. The van der Waals surface area contributed by atoms with Crippen molar-refractivity contribution in [2.24, 2.45) is 0 Å². The summed E-state index contributed by atoms with van der Waals surface area (Å²) < 4.78 is 12.3. The summed E-state index contributed by atoms with van der Waals surface area (Å²) in [4.78, 5) is 11.9. The third-order valence-electron chi connectivity index (χ3n) is 3.54. The fourth-order valence-corrected chi connectivity index (χ4v) is 3.60. The first-order valence-corrected chi connectivity index (χ1v) is 9.58. The van der Waals surface area contributed by atoms with Crippen LogP contribution in [0.3, 0.4) is 0 Å². The summed E-state index contributed by atoms with van der Waals surface area (Å²) >= 11 is 0. The summed E-state index contributed by atoms with van der Waals surface area (Å²) in [6.45, 7) is 0.825. The van der Waals surface area contributed by atoms with Crippen LogP contribution in [0.2, 0.25) is 0 Å². The van der Waals surface area contributed by atoms with Gasteiger partial charge in [0.15, 0.2) is 0 Å². The Hall–Kier alpha value is -1.69. The molecule has 0 aromatic heterocycles. The molecule has 0 saturated heterocycles. The van der Waals surface area contributed by atoms with Crippen LogP contribution in [0.25, 0.3) is 0 Å². The van der Waals surface area contributed by atoms with Gasteiger partial charge in [-0.2, -0.15) is 0 Å². The van der Waals surface area contributed by atoms with Crippen molar-refractivity contribution in [3.05, 3.63) is 65.7 Å². The minimum absolute atomic E-state index is 0. The molecule has 6 heteroatoms. The van der Waals surface area contributed by atoms with Crippen LogP contribution in [0.4, 0.5) is 5.69 Å². The highest BCUT2D eigenvalue weighted by atomic mass is 35.5. The van der Waals surface area contributed by atoms with Crippen molar-refractivity contribution in [3.8, 4) is 0 Å². The molecule has 0 bridgehead atoms. The molecule has 1 unspecified atom stereocenters. The molecule has 2 aromatic carbocycles. The van der Waals surface area contributed by atoms with Gasteiger partial charge in [-0.1, -0.05) is 42.5 Å². The van der Waals surface area contributed by atoms with Crippen molar-refractivity contribution >= 4 is 34.8 Å². The number of hydrogen-bond acceptors (Lipinski definition) is 3. The van der Waals surface area contributed by atoms with E-state index >= 15 is 0 Å². The number of nitrogens with one attached hydrogen (secondary N) is 2. The van der Waals surface area contributed by atoms with Gasteiger partial charge in [0.1, 0.15) is 0 Å². The smallest absolute Gasteiger partial charge is 0.224 e.